The molecule has 1 aromatic carbocycles. The third-order valence-electron chi connectivity index (χ3n) is 8.24. The molecule has 0 amide bonds. The van der Waals surface area contributed by atoms with E-state index in [1.54, 1.807) is 6.20 Å². The molecule has 2 aromatic heterocycles. The number of hydrogen-bond acceptors (Lipinski definition) is 6. The van der Waals surface area contributed by atoms with Crippen LogP contribution in [0.2, 0.25) is 0 Å². The Labute approximate surface area is 220 Å². The van der Waals surface area contributed by atoms with Gasteiger partial charge in [-0.05, 0) is 64.9 Å². The number of Topliss-reactive ketones (excluding diaryl/α,β-unsaturated/α-hetero) is 1. The van der Waals surface area contributed by atoms with E-state index in [1.807, 2.05) is 38.2 Å². The summed E-state index contributed by atoms with van der Waals surface area (Å²) < 4.78 is 20.7. The fraction of sp³-hybridized carbons (Fsp3) is 0.571. The van der Waals surface area contributed by atoms with E-state index < -0.39 is 5.79 Å². The number of nitrogens with zero attached hydrogens (tertiary/aromatic N) is 1. The Hall–Kier alpha value is -2.16. The van der Waals surface area contributed by atoms with Gasteiger partial charge in [-0.2, -0.15) is 0 Å². The van der Waals surface area contributed by atoms with Gasteiger partial charge in [0.1, 0.15) is 5.52 Å². The van der Waals surface area contributed by atoms with E-state index in [4.69, 9.17) is 18.9 Å². The van der Waals surface area contributed by atoms with Crippen molar-refractivity contribution in [2.45, 2.75) is 71.4 Å². The summed E-state index contributed by atoms with van der Waals surface area (Å²) in [5.41, 5.74) is 3.17. The molecule has 36 heavy (non-hydrogen) atoms. The van der Waals surface area contributed by atoms with E-state index in [0.717, 1.165) is 40.5 Å². The number of nitrogens with one attached hydrogen (secondary N) is 2. The van der Waals surface area contributed by atoms with E-state index in [-0.39, 0.29) is 35.7 Å². The van der Waals surface area contributed by atoms with E-state index >= 15 is 0 Å². The molecule has 2 N–H and O–H groups in total. The van der Waals surface area contributed by atoms with Crippen LogP contribution in [0, 0.1) is 23.7 Å². The van der Waals surface area contributed by atoms with E-state index in [0.29, 0.717) is 23.9 Å². The second kappa shape index (κ2) is 9.95. The standard InChI is InChI=1S/C28H36BrN3O4/c1-15-8-9-28(17(3)11-16(2)27(36-28)18(4)26(33)20-7-6-10-31-20)35-23(15)14-25-32-22-13-21(30-5)19(29)12-24(22)34-25/h6-7,10,12-13,15-18,23,27,30-31H,8-9,11,14H2,1-5H3. The summed E-state index contributed by atoms with van der Waals surface area (Å²) in [6.45, 7) is 8.60. The van der Waals surface area contributed by atoms with Crippen molar-refractivity contribution in [3.8, 4) is 0 Å². The van der Waals surface area contributed by atoms with Crippen LogP contribution in [0.4, 0.5) is 5.69 Å². The Morgan fingerprint density at radius 2 is 2.08 bits per heavy atom. The first-order valence-corrected chi connectivity index (χ1v) is 13.8. The summed E-state index contributed by atoms with van der Waals surface area (Å²) in [6, 6.07) is 7.62. The molecule has 1 spiro atoms. The SMILES string of the molecule is CNc1cc2nc(CC3OC4(CCC3C)OC(C(C)C(=O)c3ccc[nH]3)C(C)CC4C)oc2cc1Br. The minimum atomic E-state index is -0.701. The first-order chi connectivity index (χ1) is 17.2. The number of oxazole rings is 1. The van der Waals surface area contributed by atoms with Gasteiger partial charge in [0.15, 0.2) is 23.0 Å². The molecule has 0 aliphatic carbocycles. The maximum Gasteiger partial charge on any atom is 0.198 e. The number of anilines is 1. The Morgan fingerprint density at radius 3 is 2.81 bits per heavy atom. The van der Waals surface area contributed by atoms with E-state index in [9.17, 15) is 4.79 Å². The van der Waals surface area contributed by atoms with E-state index in [2.05, 4.69) is 47.0 Å². The van der Waals surface area contributed by atoms with Crippen molar-refractivity contribution in [1.29, 1.82) is 0 Å². The van der Waals surface area contributed by atoms with Gasteiger partial charge in [0.05, 0.1) is 30.0 Å². The molecule has 0 saturated carbocycles. The maximum atomic E-state index is 13.1. The molecule has 4 heterocycles. The number of H-pyrrole nitrogens is 1. The van der Waals surface area contributed by atoms with Crippen LogP contribution < -0.4 is 5.32 Å². The van der Waals surface area contributed by atoms with Gasteiger partial charge in [-0.15, -0.1) is 0 Å². The zero-order chi connectivity index (χ0) is 25.6. The van der Waals surface area contributed by atoms with Crippen LogP contribution in [0.25, 0.3) is 11.1 Å². The molecule has 2 fully saturated rings. The fourth-order valence-electron chi connectivity index (χ4n) is 5.99. The number of aromatic nitrogens is 2. The summed E-state index contributed by atoms with van der Waals surface area (Å²) in [4.78, 5) is 20.9. The first-order valence-electron chi connectivity index (χ1n) is 13.0. The van der Waals surface area contributed by atoms with Gasteiger partial charge in [0.25, 0.3) is 0 Å². The lowest BCUT2D eigenvalue weighted by atomic mass is 9.75. The Balaban J connectivity index is 1.36. The van der Waals surface area contributed by atoms with Crippen molar-refractivity contribution in [2.75, 3.05) is 12.4 Å². The molecule has 2 aliphatic rings. The molecule has 8 heteroatoms. The number of benzene rings is 1. The van der Waals surface area contributed by atoms with E-state index in [1.165, 1.54) is 0 Å². The summed E-state index contributed by atoms with van der Waals surface area (Å²) >= 11 is 3.58. The molecular weight excluding hydrogens is 522 g/mol. The summed E-state index contributed by atoms with van der Waals surface area (Å²) in [5.74, 6) is 0.622. The smallest absolute Gasteiger partial charge is 0.198 e. The minimum absolute atomic E-state index is 0.0788. The van der Waals surface area contributed by atoms with Crippen LogP contribution in [0.3, 0.4) is 0 Å². The molecule has 194 valence electrons. The number of ketones is 1. The number of aromatic amines is 1. The molecule has 7 nitrogen and oxygen atoms in total. The van der Waals surface area contributed by atoms with Gasteiger partial charge in [-0.25, -0.2) is 4.98 Å². The van der Waals surface area contributed by atoms with Crippen molar-refractivity contribution < 1.29 is 18.7 Å². The lowest BCUT2D eigenvalue weighted by Crippen LogP contribution is -2.58. The van der Waals surface area contributed by atoms with Gasteiger partial charge in [0, 0.05) is 36.0 Å². The molecule has 0 bridgehead atoms. The van der Waals surface area contributed by atoms with Crippen LogP contribution in [0.5, 0.6) is 0 Å². The lowest BCUT2D eigenvalue weighted by molar-refractivity contribution is -0.355. The number of fused-ring (bicyclic) bond motifs is 1. The van der Waals surface area contributed by atoms with Crippen molar-refractivity contribution in [3.63, 3.8) is 0 Å². The average molecular weight is 559 g/mol. The van der Waals surface area contributed by atoms with Gasteiger partial charge in [0.2, 0.25) is 0 Å². The van der Waals surface area contributed by atoms with Gasteiger partial charge < -0.3 is 24.2 Å². The van der Waals surface area contributed by atoms with Crippen LogP contribution in [0.15, 0.2) is 39.4 Å². The first kappa shape index (κ1) is 25.5. The number of hydrogen-bond donors (Lipinski definition) is 2. The molecule has 7 atom stereocenters. The lowest BCUT2D eigenvalue weighted by Gasteiger charge is -2.53. The Kier molecular flexibility index (Phi) is 7.05. The minimum Gasteiger partial charge on any atom is -0.441 e. The predicted octanol–water partition coefficient (Wildman–Crippen LogP) is 6.59. The zero-order valence-electron chi connectivity index (χ0n) is 21.6. The van der Waals surface area contributed by atoms with Crippen molar-refractivity contribution in [2.24, 2.45) is 23.7 Å². The molecule has 7 unspecified atom stereocenters. The van der Waals surface area contributed by atoms with Crippen LogP contribution in [0.1, 0.15) is 63.3 Å². The maximum absolute atomic E-state index is 13.1. The highest BCUT2D eigenvalue weighted by Gasteiger charge is 2.52. The van der Waals surface area contributed by atoms with Gasteiger partial charge in [-0.1, -0.05) is 27.7 Å². The number of carbonyl (C=O) groups excluding carboxylic acids is 1. The average Bonchev–Trinajstić information content (AvgIpc) is 3.52. The summed E-state index contributed by atoms with van der Waals surface area (Å²) in [6.07, 6.45) is 4.86. The molecule has 3 aromatic rings. The highest BCUT2D eigenvalue weighted by molar-refractivity contribution is 9.10. The second-order valence-corrected chi connectivity index (χ2v) is 11.6. The molecule has 0 radical (unpaired) electrons. The molecule has 2 saturated heterocycles. The fourth-order valence-corrected chi connectivity index (χ4v) is 6.51. The second-order valence-electron chi connectivity index (χ2n) is 10.8. The third kappa shape index (κ3) is 4.63. The third-order valence-corrected chi connectivity index (χ3v) is 8.90. The normalized spacial score (nSPS) is 31.6. The van der Waals surface area contributed by atoms with Crippen molar-refractivity contribution in [3.05, 3.63) is 46.5 Å². The highest BCUT2D eigenvalue weighted by Crippen LogP contribution is 2.48. The Morgan fingerprint density at radius 1 is 1.28 bits per heavy atom. The van der Waals surface area contributed by atoms with Gasteiger partial charge in [-0.3, -0.25) is 4.79 Å². The predicted molar refractivity (Wildman–Crippen MR) is 143 cm³/mol. The van der Waals surface area contributed by atoms with Crippen LogP contribution in [-0.4, -0.2) is 40.8 Å². The molecular formula is C28H36BrN3O4. The number of carbonyl (C=O) groups is 1. The van der Waals surface area contributed by atoms with Crippen molar-refractivity contribution in [1.82, 2.24) is 9.97 Å². The summed E-state index contributed by atoms with van der Waals surface area (Å²) in [7, 11) is 1.88. The largest absolute Gasteiger partial charge is 0.441 e. The topological polar surface area (TPSA) is 89.4 Å². The molecule has 2 aliphatic heterocycles. The van der Waals surface area contributed by atoms with Gasteiger partial charge >= 0.3 is 0 Å². The number of rotatable bonds is 6. The van der Waals surface area contributed by atoms with Crippen LogP contribution >= 0.6 is 15.9 Å². The number of halogens is 1. The zero-order valence-corrected chi connectivity index (χ0v) is 23.2. The highest BCUT2D eigenvalue weighted by atomic mass is 79.9. The Bertz CT molecular complexity index is 1230. The molecule has 5 rings (SSSR count). The van der Waals surface area contributed by atoms with Crippen molar-refractivity contribution >= 4 is 38.5 Å². The number of ether oxygens (including phenoxy) is 2. The summed E-state index contributed by atoms with van der Waals surface area (Å²) in [5, 5.41) is 3.17. The monoisotopic (exact) mass is 557 g/mol. The van der Waals surface area contributed by atoms with Crippen LogP contribution in [-0.2, 0) is 15.9 Å². The quantitative estimate of drug-likeness (QED) is 0.332.